The number of hydrogen-bond donors (Lipinski definition) is 0. The molecule has 1 amide bonds. The van der Waals surface area contributed by atoms with E-state index in [0.29, 0.717) is 53.7 Å². The lowest BCUT2D eigenvalue weighted by atomic mass is 10.1. The van der Waals surface area contributed by atoms with Gasteiger partial charge in [0.15, 0.2) is 5.75 Å². The number of aryl methyl sites for hydroxylation is 2. The summed E-state index contributed by atoms with van der Waals surface area (Å²) in [6.07, 6.45) is 5.89. The van der Waals surface area contributed by atoms with Crippen LogP contribution in [0.1, 0.15) is 33.4 Å². The van der Waals surface area contributed by atoms with Gasteiger partial charge in [-0.05, 0) is 90.2 Å². The van der Waals surface area contributed by atoms with Gasteiger partial charge < -0.3 is 19.1 Å². The number of rotatable bonds is 13. The first-order valence-corrected chi connectivity index (χ1v) is 17.8. The molecule has 1 aliphatic heterocycles. The van der Waals surface area contributed by atoms with Crippen molar-refractivity contribution >= 4 is 47.6 Å². The molecule has 0 unspecified atom stereocenters. The van der Waals surface area contributed by atoms with Crippen molar-refractivity contribution in [1.29, 1.82) is 0 Å². The highest BCUT2D eigenvalue weighted by atomic mass is 35.5. The van der Waals surface area contributed by atoms with Gasteiger partial charge in [-0.2, -0.15) is 0 Å². The summed E-state index contributed by atoms with van der Waals surface area (Å²) in [4.78, 5) is 21.7. The van der Waals surface area contributed by atoms with Crippen LogP contribution >= 0.6 is 35.6 Å². The second-order valence-electron chi connectivity index (χ2n) is 12.7. The zero-order valence-corrected chi connectivity index (χ0v) is 31.6. The smallest absolute Gasteiger partial charge is 0.246 e. The summed E-state index contributed by atoms with van der Waals surface area (Å²) in [6.45, 7) is 8.92. The number of carbonyl (C=O) groups excluding carboxylic acids is 1. The van der Waals surface area contributed by atoms with E-state index in [1.165, 1.54) is 16.7 Å². The monoisotopic (exact) mass is 757 g/mol. The van der Waals surface area contributed by atoms with Gasteiger partial charge in [-0.1, -0.05) is 77.3 Å². The lowest BCUT2D eigenvalue weighted by Crippen LogP contribution is -2.47. The van der Waals surface area contributed by atoms with Crippen LogP contribution in [0.4, 0.5) is 0 Å². The molecule has 1 saturated heterocycles. The maximum Gasteiger partial charge on any atom is 0.246 e. The number of ether oxygens (including phenoxy) is 3. The average Bonchev–Trinajstić information content (AvgIpc) is 3.14. The quantitative estimate of drug-likeness (QED) is 0.112. The van der Waals surface area contributed by atoms with Crippen LogP contribution in [0.25, 0.3) is 6.08 Å². The van der Waals surface area contributed by atoms with E-state index in [2.05, 4.69) is 53.2 Å². The van der Waals surface area contributed by atoms with E-state index in [4.69, 9.17) is 37.4 Å². The third kappa shape index (κ3) is 11.2. The molecule has 1 aliphatic rings. The van der Waals surface area contributed by atoms with Crippen molar-refractivity contribution < 1.29 is 19.0 Å². The highest BCUT2D eigenvalue weighted by Crippen LogP contribution is 2.34. The Balaban J connectivity index is 0.00000523. The SMILES string of the molecule is Cc1ccc(OCCc2ccc(CN3CCN(C(=O)/C=C/c4cc(C)c(Oc5ccc(OCc6ccc(Cl)cc6)cn5)c(Cl)c4)CC3)cc2)cc1.Cl. The van der Waals surface area contributed by atoms with Crippen LogP contribution in [0.3, 0.4) is 0 Å². The van der Waals surface area contributed by atoms with Crippen LogP contribution < -0.4 is 14.2 Å². The molecule has 7 nitrogen and oxygen atoms in total. The fourth-order valence-corrected chi connectivity index (χ4v) is 6.18. The van der Waals surface area contributed by atoms with Crippen molar-refractivity contribution in [1.82, 2.24) is 14.8 Å². The van der Waals surface area contributed by atoms with Crippen molar-refractivity contribution in [3.63, 3.8) is 0 Å². The fourth-order valence-electron chi connectivity index (χ4n) is 5.74. The van der Waals surface area contributed by atoms with Crippen LogP contribution in [-0.2, 0) is 24.4 Å². The number of benzene rings is 4. The molecule has 270 valence electrons. The largest absolute Gasteiger partial charge is 0.493 e. The summed E-state index contributed by atoms with van der Waals surface area (Å²) in [5.74, 6) is 2.42. The third-order valence-electron chi connectivity index (χ3n) is 8.70. The third-order valence-corrected chi connectivity index (χ3v) is 9.23. The molecule has 0 N–H and O–H groups in total. The Labute approximate surface area is 322 Å². The summed E-state index contributed by atoms with van der Waals surface area (Å²) < 4.78 is 17.7. The Kier molecular flexibility index (Phi) is 14.0. The molecule has 6 rings (SSSR count). The van der Waals surface area contributed by atoms with E-state index in [1.54, 1.807) is 36.5 Å². The Morgan fingerprint density at radius 2 is 1.46 bits per heavy atom. The minimum atomic E-state index is -0.0106. The standard InChI is InChI=1S/C42H41Cl2N3O4.ClH/c1-30-3-14-37(15-4-30)49-24-19-32-5-7-33(8-6-32)28-46-20-22-47(23-21-46)41(48)18-11-35-25-31(2)42(39(44)26-35)51-40-17-16-38(27-45-40)50-29-34-9-12-36(43)13-10-34;/h3-18,25-27H,19-24,28-29H2,1-2H3;1H/b18-11+;. The van der Waals surface area contributed by atoms with Gasteiger partial charge >= 0.3 is 0 Å². The second-order valence-corrected chi connectivity index (χ2v) is 13.5. The van der Waals surface area contributed by atoms with Gasteiger partial charge in [0.2, 0.25) is 11.8 Å². The molecular weight excluding hydrogens is 717 g/mol. The van der Waals surface area contributed by atoms with Crippen LogP contribution in [0.15, 0.2) is 109 Å². The van der Waals surface area contributed by atoms with Crippen molar-refractivity contribution in [2.45, 2.75) is 33.4 Å². The predicted octanol–water partition coefficient (Wildman–Crippen LogP) is 9.78. The molecule has 10 heteroatoms. The summed E-state index contributed by atoms with van der Waals surface area (Å²) >= 11 is 12.6. The molecule has 0 atom stereocenters. The van der Waals surface area contributed by atoms with Crippen LogP contribution in [0.2, 0.25) is 10.0 Å². The molecule has 0 aliphatic carbocycles. The molecule has 4 aromatic carbocycles. The summed E-state index contributed by atoms with van der Waals surface area (Å²) in [7, 11) is 0. The molecule has 0 spiro atoms. The molecular formula is C42H42Cl3N3O4. The van der Waals surface area contributed by atoms with Gasteiger partial charge in [-0.3, -0.25) is 9.69 Å². The average molecular weight is 759 g/mol. The fraction of sp³-hybridized carbons (Fsp3) is 0.238. The topological polar surface area (TPSA) is 64.1 Å². The van der Waals surface area contributed by atoms with Crippen molar-refractivity contribution in [2.24, 2.45) is 0 Å². The second kappa shape index (κ2) is 18.8. The zero-order chi connectivity index (χ0) is 35.6. The molecule has 52 heavy (non-hydrogen) atoms. The molecule has 1 fully saturated rings. The highest BCUT2D eigenvalue weighted by Gasteiger charge is 2.20. The number of pyridine rings is 1. The predicted molar refractivity (Wildman–Crippen MR) is 211 cm³/mol. The lowest BCUT2D eigenvalue weighted by molar-refractivity contribution is -0.127. The zero-order valence-electron chi connectivity index (χ0n) is 29.3. The number of nitrogens with zero attached hydrogens (tertiary/aromatic N) is 3. The molecule has 0 saturated carbocycles. The van der Waals surface area contributed by atoms with Gasteiger partial charge in [0.25, 0.3) is 0 Å². The number of amides is 1. The Morgan fingerprint density at radius 3 is 2.13 bits per heavy atom. The van der Waals surface area contributed by atoms with Gasteiger partial charge in [0.05, 0.1) is 17.8 Å². The van der Waals surface area contributed by atoms with Crippen LogP contribution in [0.5, 0.6) is 23.1 Å². The number of carbonyl (C=O) groups is 1. The van der Waals surface area contributed by atoms with Crippen molar-refractivity contribution in [3.8, 4) is 23.1 Å². The van der Waals surface area contributed by atoms with E-state index < -0.39 is 0 Å². The first kappa shape index (κ1) is 38.7. The Bertz CT molecular complexity index is 1900. The normalized spacial score (nSPS) is 13.1. The molecule has 0 radical (unpaired) electrons. The number of aromatic nitrogens is 1. The number of piperazine rings is 1. The minimum absolute atomic E-state index is 0. The van der Waals surface area contributed by atoms with Gasteiger partial charge in [-0.25, -0.2) is 4.98 Å². The van der Waals surface area contributed by atoms with E-state index in [9.17, 15) is 4.79 Å². The maximum atomic E-state index is 13.0. The lowest BCUT2D eigenvalue weighted by Gasteiger charge is -2.34. The molecule has 5 aromatic rings. The van der Waals surface area contributed by atoms with E-state index in [1.807, 2.05) is 54.3 Å². The van der Waals surface area contributed by atoms with E-state index >= 15 is 0 Å². The Hall–Kier alpha value is -4.53. The van der Waals surface area contributed by atoms with Crippen molar-refractivity contribution in [3.05, 3.63) is 153 Å². The first-order chi connectivity index (χ1) is 24.8. The highest BCUT2D eigenvalue weighted by molar-refractivity contribution is 6.32. The Morgan fingerprint density at radius 1 is 0.788 bits per heavy atom. The summed E-state index contributed by atoms with van der Waals surface area (Å²) in [6, 6.07) is 31.7. The van der Waals surface area contributed by atoms with E-state index in [-0.39, 0.29) is 18.3 Å². The minimum Gasteiger partial charge on any atom is -0.493 e. The van der Waals surface area contributed by atoms with Crippen LogP contribution in [0, 0.1) is 13.8 Å². The van der Waals surface area contributed by atoms with Crippen LogP contribution in [-0.4, -0.2) is 53.5 Å². The van der Waals surface area contributed by atoms with Gasteiger partial charge in [-0.15, -0.1) is 12.4 Å². The maximum absolute atomic E-state index is 13.0. The first-order valence-electron chi connectivity index (χ1n) is 17.1. The molecule has 2 heterocycles. The van der Waals surface area contributed by atoms with Gasteiger partial charge in [0, 0.05) is 56.3 Å². The number of halogens is 3. The number of hydrogen-bond acceptors (Lipinski definition) is 6. The summed E-state index contributed by atoms with van der Waals surface area (Å²) in [5.41, 5.74) is 6.41. The summed E-state index contributed by atoms with van der Waals surface area (Å²) in [5, 5.41) is 1.12. The van der Waals surface area contributed by atoms with Crippen molar-refractivity contribution in [2.75, 3.05) is 32.8 Å². The molecule has 1 aromatic heterocycles. The molecule has 0 bridgehead atoms. The van der Waals surface area contributed by atoms with Gasteiger partial charge in [0.1, 0.15) is 18.1 Å². The van der Waals surface area contributed by atoms with E-state index in [0.717, 1.165) is 48.5 Å².